The van der Waals surface area contributed by atoms with E-state index in [1.54, 1.807) is 0 Å². The number of halogens is 3. The van der Waals surface area contributed by atoms with Gasteiger partial charge in [-0.1, -0.05) is 0 Å². The smallest absolute Gasteiger partial charge is 0.877 e. The molecule has 0 N–H and O–H groups in total. The molecule has 0 atom stereocenters. The second kappa shape index (κ2) is 8.19. The largest absolute Gasteiger partial charge is 1.00 e. The van der Waals surface area contributed by atoms with Crippen molar-refractivity contribution in [2.75, 3.05) is 6.51 Å². The second-order valence-corrected chi connectivity index (χ2v) is 0.877. The molecule has 0 aromatic heterocycles. The van der Waals surface area contributed by atoms with Crippen LogP contribution in [0.1, 0.15) is 0 Å². The van der Waals surface area contributed by atoms with Gasteiger partial charge in [-0.15, -0.1) is 0 Å². The van der Waals surface area contributed by atoms with Gasteiger partial charge in [-0.3, -0.25) is 0 Å². The molecule has 1 nitrogen and oxygen atoms in total. The molecule has 0 aliphatic heterocycles. The molecule has 0 aromatic carbocycles. The third-order valence-corrected chi connectivity index (χ3v) is 0.189. The van der Waals surface area contributed by atoms with Crippen molar-refractivity contribution >= 4 is 6.98 Å². The fraction of sp³-hybridized carbons (Fsp3) is 1.00. The van der Waals surface area contributed by atoms with E-state index < -0.39 is 13.5 Å². The van der Waals surface area contributed by atoms with Gasteiger partial charge >= 0.3 is 110 Å². The van der Waals surface area contributed by atoms with Crippen molar-refractivity contribution in [1.29, 1.82) is 0 Å². The van der Waals surface area contributed by atoms with Gasteiger partial charge in [-0.2, -0.15) is 6.51 Å². The van der Waals surface area contributed by atoms with E-state index in [2.05, 4.69) is 0 Å². The van der Waals surface area contributed by atoms with Crippen LogP contribution in [-0.4, -0.2) is 13.5 Å². The molecule has 0 heterocycles. The third kappa shape index (κ3) is 16.0. The van der Waals surface area contributed by atoms with Crippen LogP contribution in [0.25, 0.3) is 0 Å². The van der Waals surface area contributed by atoms with Crippen LogP contribution in [0.5, 0.6) is 0 Å². The molecular weight excluding hydrogens is 174 g/mol. The molecule has 0 spiro atoms. The molecular formula is CH2BF3K2O. The van der Waals surface area contributed by atoms with Crippen LogP contribution in [0.15, 0.2) is 0 Å². The van der Waals surface area contributed by atoms with Crippen molar-refractivity contribution in [1.82, 2.24) is 0 Å². The van der Waals surface area contributed by atoms with Crippen molar-refractivity contribution in [2.45, 2.75) is 0 Å². The zero-order valence-electron chi connectivity index (χ0n) is 4.83. The van der Waals surface area contributed by atoms with E-state index in [9.17, 15) is 12.9 Å². The topological polar surface area (TPSA) is 23.1 Å². The first-order valence-electron chi connectivity index (χ1n) is 1.35. The Morgan fingerprint density at radius 3 is 1.25 bits per heavy atom. The Kier molecular flexibility index (Phi) is 17.7. The summed E-state index contributed by atoms with van der Waals surface area (Å²) in [5.41, 5.74) is 0. The van der Waals surface area contributed by atoms with Gasteiger partial charge in [0.05, 0.1) is 0 Å². The minimum Gasteiger partial charge on any atom is -0.877 e. The van der Waals surface area contributed by atoms with Crippen LogP contribution in [0, 0.1) is 0 Å². The normalized spacial score (nSPS) is 9.00. The van der Waals surface area contributed by atoms with Gasteiger partial charge in [0.2, 0.25) is 0 Å². The minimum atomic E-state index is -5.04. The van der Waals surface area contributed by atoms with Gasteiger partial charge in [-0.05, 0) is 0 Å². The average molecular weight is 176 g/mol. The van der Waals surface area contributed by atoms with E-state index in [4.69, 9.17) is 5.11 Å². The second-order valence-electron chi connectivity index (χ2n) is 0.877. The number of hydrogen-bond acceptors (Lipinski definition) is 1. The van der Waals surface area contributed by atoms with Gasteiger partial charge in [0, 0.05) is 0 Å². The summed E-state index contributed by atoms with van der Waals surface area (Å²) in [7, 11) is 0. The maximum absolute atomic E-state index is 10.5. The molecule has 0 unspecified atom stereocenters. The molecule has 0 aliphatic rings. The van der Waals surface area contributed by atoms with Gasteiger partial charge in [0.25, 0.3) is 0 Å². The standard InChI is InChI=1S/CH2BF3O.2K/c3-2(4,5)1-6;;/h1H2;;/q-2;2*+1. The molecule has 7 heteroatoms. The fourth-order valence-electron chi connectivity index (χ4n) is 0. The summed E-state index contributed by atoms with van der Waals surface area (Å²) in [5.74, 6) is 0. The van der Waals surface area contributed by atoms with Gasteiger partial charge in [0.1, 0.15) is 0 Å². The van der Waals surface area contributed by atoms with Crippen LogP contribution in [0.4, 0.5) is 12.9 Å². The minimum absolute atomic E-state index is 0. The van der Waals surface area contributed by atoms with Crippen molar-refractivity contribution in [2.24, 2.45) is 0 Å². The third-order valence-electron chi connectivity index (χ3n) is 0.189. The monoisotopic (exact) mass is 176 g/mol. The maximum Gasteiger partial charge on any atom is 1.00 e. The zero-order chi connectivity index (χ0) is 5.21. The Bertz CT molecular complexity index is 47.0. The summed E-state index contributed by atoms with van der Waals surface area (Å²) >= 11 is 0. The fourth-order valence-corrected chi connectivity index (χ4v) is 0. The first-order valence-corrected chi connectivity index (χ1v) is 1.35. The van der Waals surface area contributed by atoms with Gasteiger partial charge < -0.3 is 18.1 Å². The first kappa shape index (κ1) is 17.2. The van der Waals surface area contributed by atoms with E-state index >= 15 is 0 Å². The predicted octanol–water partition coefficient (Wildman–Crippen LogP) is -6.26. The molecule has 0 bridgehead atoms. The van der Waals surface area contributed by atoms with E-state index in [0.717, 1.165) is 0 Å². The predicted molar refractivity (Wildman–Crippen MR) is 13.9 cm³/mol. The summed E-state index contributed by atoms with van der Waals surface area (Å²) in [6.45, 7) is -6.96. The van der Waals surface area contributed by atoms with Crippen LogP contribution in [0.3, 0.4) is 0 Å². The number of rotatable bonds is 1. The van der Waals surface area contributed by atoms with Gasteiger partial charge in [-0.25, -0.2) is 0 Å². The Morgan fingerprint density at radius 1 is 1.12 bits per heavy atom. The van der Waals surface area contributed by atoms with Crippen LogP contribution in [0.2, 0.25) is 0 Å². The quantitative estimate of drug-likeness (QED) is 0.364. The van der Waals surface area contributed by atoms with Gasteiger partial charge in [0.15, 0.2) is 0 Å². The Labute approximate surface area is 131 Å². The van der Waals surface area contributed by atoms with Crippen molar-refractivity contribution in [3.63, 3.8) is 0 Å². The first-order chi connectivity index (χ1) is 2.56. The van der Waals surface area contributed by atoms with E-state index in [0.29, 0.717) is 0 Å². The summed E-state index contributed by atoms with van der Waals surface area (Å²) in [5, 5.41) is 8.85. The molecule has 0 aromatic rings. The van der Waals surface area contributed by atoms with Crippen molar-refractivity contribution < 1.29 is 121 Å². The molecule has 0 amide bonds. The zero-order valence-corrected chi connectivity index (χ0v) is 11.1. The van der Waals surface area contributed by atoms with E-state index in [-0.39, 0.29) is 103 Å². The van der Waals surface area contributed by atoms with E-state index in [1.165, 1.54) is 0 Å². The van der Waals surface area contributed by atoms with Crippen molar-refractivity contribution in [3.8, 4) is 0 Å². The summed E-state index contributed by atoms with van der Waals surface area (Å²) in [4.78, 5) is 0. The summed E-state index contributed by atoms with van der Waals surface area (Å²) < 4.78 is 31.6. The Morgan fingerprint density at radius 2 is 1.25 bits per heavy atom. The average Bonchev–Trinajstić information content (AvgIpc) is 1.35. The number of hydrogen-bond donors (Lipinski definition) is 0. The SMILES string of the molecule is [K+].[K+].[O-]C[B-](F)(F)F. The molecule has 0 aliphatic carbocycles. The molecule has 8 heavy (non-hydrogen) atoms. The molecule has 0 radical (unpaired) electrons. The molecule has 0 saturated heterocycles. The van der Waals surface area contributed by atoms with Crippen LogP contribution < -0.4 is 108 Å². The summed E-state index contributed by atoms with van der Waals surface area (Å²) in [6.07, 6.45) is 0. The Hall–Kier alpha value is 3.09. The molecule has 0 rings (SSSR count). The van der Waals surface area contributed by atoms with Crippen LogP contribution in [-0.2, 0) is 0 Å². The van der Waals surface area contributed by atoms with Crippen molar-refractivity contribution in [3.05, 3.63) is 0 Å². The molecule has 0 saturated carbocycles. The maximum atomic E-state index is 10.5. The van der Waals surface area contributed by atoms with Crippen LogP contribution >= 0.6 is 0 Å². The molecule has 38 valence electrons. The Balaban J connectivity index is -0.000000125. The molecule has 0 fully saturated rings. The summed E-state index contributed by atoms with van der Waals surface area (Å²) in [6, 6.07) is 0. The van der Waals surface area contributed by atoms with E-state index in [1.807, 2.05) is 0 Å².